The van der Waals surface area contributed by atoms with Crippen LogP contribution in [0.4, 0.5) is 0 Å². The monoisotopic (exact) mass is 705 g/mol. The molecule has 0 N–H and O–H groups in total. The van der Waals surface area contributed by atoms with E-state index >= 15 is 0 Å². The maximum atomic E-state index is 2.46. The van der Waals surface area contributed by atoms with Crippen molar-refractivity contribution in [2.24, 2.45) is 0 Å². The highest BCUT2D eigenvalue weighted by Gasteiger charge is 2.20. The molecule has 3 heteroatoms. The van der Waals surface area contributed by atoms with Gasteiger partial charge in [0.1, 0.15) is 0 Å². The normalized spacial score (nSPS) is 12.3. The lowest BCUT2D eigenvalue weighted by molar-refractivity contribution is 0.590. The van der Waals surface area contributed by atoms with E-state index in [2.05, 4.69) is 216 Å². The summed E-state index contributed by atoms with van der Waals surface area (Å²) in [6, 6.07) is 67.0. The highest BCUT2D eigenvalue weighted by atomic mass is 15.0. The summed E-state index contributed by atoms with van der Waals surface area (Å²) in [7, 11) is 0. The zero-order valence-corrected chi connectivity index (χ0v) is 31.2. The van der Waals surface area contributed by atoms with E-state index in [0.29, 0.717) is 0 Å². The van der Waals surface area contributed by atoms with Crippen LogP contribution < -0.4 is 0 Å². The highest BCUT2D eigenvalue weighted by Crippen LogP contribution is 2.41. The second-order valence-electron chi connectivity index (χ2n) is 15.9. The van der Waals surface area contributed by atoms with Crippen LogP contribution in [-0.2, 0) is 5.41 Å². The molecule has 3 aromatic heterocycles. The van der Waals surface area contributed by atoms with Crippen molar-refractivity contribution >= 4 is 65.4 Å². The Morgan fingerprint density at radius 2 is 0.673 bits per heavy atom. The Balaban J connectivity index is 1.10. The van der Waals surface area contributed by atoms with Gasteiger partial charge in [-0.25, -0.2) is 0 Å². The van der Waals surface area contributed by atoms with Gasteiger partial charge in [-0.3, -0.25) is 0 Å². The van der Waals surface area contributed by atoms with E-state index in [1.54, 1.807) is 0 Å². The minimum atomic E-state index is 0.136. The molecule has 0 saturated carbocycles. The molecule has 3 nitrogen and oxygen atoms in total. The minimum Gasteiger partial charge on any atom is -0.309 e. The van der Waals surface area contributed by atoms with E-state index in [9.17, 15) is 0 Å². The first kappa shape index (κ1) is 31.7. The van der Waals surface area contributed by atoms with E-state index in [1.165, 1.54) is 87.8 Å². The van der Waals surface area contributed by atoms with Gasteiger partial charge in [-0.05, 0) is 94.9 Å². The summed E-state index contributed by atoms with van der Waals surface area (Å²) >= 11 is 0. The van der Waals surface area contributed by atoms with Gasteiger partial charge >= 0.3 is 0 Å². The summed E-state index contributed by atoms with van der Waals surface area (Å²) in [4.78, 5) is 0. The molecule has 11 rings (SSSR count). The first-order chi connectivity index (χ1) is 26.9. The second-order valence-corrected chi connectivity index (χ2v) is 15.9. The number of hydrogen-bond donors (Lipinski definition) is 0. The molecule has 0 atom stereocenters. The van der Waals surface area contributed by atoms with E-state index in [1.807, 2.05) is 0 Å². The molecule has 0 aliphatic carbocycles. The van der Waals surface area contributed by atoms with Crippen LogP contribution in [0.3, 0.4) is 0 Å². The van der Waals surface area contributed by atoms with Crippen molar-refractivity contribution in [3.63, 3.8) is 0 Å². The molecular formula is C52H39N3. The van der Waals surface area contributed by atoms with Gasteiger partial charge < -0.3 is 13.7 Å². The lowest BCUT2D eigenvalue weighted by Gasteiger charge is -2.19. The summed E-state index contributed by atoms with van der Waals surface area (Å²) in [5.74, 6) is 0. The number of fused-ring (bicyclic) bond motifs is 9. The Bertz CT molecular complexity index is 3260. The van der Waals surface area contributed by atoms with Gasteiger partial charge in [-0.15, -0.1) is 0 Å². The SMILES string of the molecule is CC(C)(C)c1ccc(-c2ccc(-n3c4ccccc4c4cc(-n5c6ccccc6c6cc7c(cc65)c5ccccc5n7-c5ccccc5)ccc43)cc2)cc1. The highest BCUT2D eigenvalue weighted by molar-refractivity contribution is 6.19. The second kappa shape index (κ2) is 11.8. The van der Waals surface area contributed by atoms with E-state index in [4.69, 9.17) is 0 Å². The molecule has 0 aliphatic heterocycles. The molecule has 0 saturated heterocycles. The van der Waals surface area contributed by atoms with Crippen LogP contribution in [0.15, 0.2) is 182 Å². The summed E-state index contributed by atoms with van der Waals surface area (Å²) in [5, 5.41) is 7.49. The standard InChI is InChI=1S/C52H39N3/c1-52(2,3)36-25-21-34(22-26-36)35-23-27-38(28-24-35)53-46-18-10-7-15-40(46)43-31-39(29-30-49(43)53)55-48-20-12-9-17-42(48)45-32-50-44(33-51(45)55)41-16-8-11-19-47(41)54(50)37-13-5-4-6-14-37/h4-33H,1-3H3. The Labute approximate surface area is 319 Å². The number of rotatable bonds is 4. The quantitative estimate of drug-likeness (QED) is 0.173. The number of nitrogens with zero attached hydrogens (tertiary/aromatic N) is 3. The van der Waals surface area contributed by atoms with Crippen LogP contribution >= 0.6 is 0 Å². The zero-order chi connectivity index (χ0) is 36.8. The van der Waals surface area contributed by atoms with Crippen molar-refractivity contribution in [3.05, 3.63) is 188 Å². The van der Waals surface area contributed by atoms with Crippen molar-refractivity contribution < 1.29 is 0 Å². The summed E-state index contributed by atoms with van der Waals surface area (Å²) in [6.45, 7) is 6.79. The molecule has 0 unspecified atom stereocenters. The van der Waals surface area contributed by atoms with E-state index < -0.39 is 0 Å². The first-order valence-electron chi connectivity index (χ1n) is 19.2. The van der Waals surface area contributed by atoms with Gasteiger partial charge in [0.2, 0.25) is 0 Å². The predicted octanol–water partition coefficient (Wildman–Crippen LogP) is 13.9. The van der Waals surface area contributed by atoms with Crippen LogP contribution in [0.2, 0.25) is 0 Å². The molecule has 3 heterocycles. The van der Waals surface area contributed by atoms with Crippen molar-refractivity contribution in [2.45, 2.75) is 26.2 Å². The Morgan fingerprint density at radius 3 is 1.20 bits per heavy atom. The van der Waals surface area contributed by atoms with Crippen LogP contribution in [0, 0.1) is 0 Å². The molecule has 0 radical (unpaired) electrons. The molecular weight excluding hydrogens is 667 g/mol. The third-order valence-electron chi connectivity index (χ3n) is 11.6. The molecule has 0 fully saturated rings. The summed E-state index contributed by atoms with van der Waals surface area (Å²) in [5.41, 5.74) is 14.7. The fourth-order valence-corrected chi connectivity index (χ4v) is 8.91. The van der Waals surface area contributed by atoms with Crippen LogP contribution in [-0.4, -0.2) is 13.7 Å². The van der Waals surface area contributed by atoms with Gasteiger partial charge in [0, 0.05) is 49.4 Å². The molecule has 0 bridgehead atoms. The lowest BCUT2D eigenvalue weighted by Crippen LogP contribution is -2.10. The number of hydrogen-bond acceptors (Lipinski definition) is 0. The number of benzene rings is 8. The molecule has 11 aromatic rings. The number of para-hydroxylation sites is 4. The Morgan fingerprint density at radius 1 is 0.291 bits per heavy atom. The Kier molecular flexibility index (Phi) is 6.81. The summed E-state index contributed by atoms with van der Waals surface area (Å²) < 4.78 is 7.28. The minimum absolute atomic E-state index is 0.136. The Hall–Kier alpha value is -6.84. The molecule has 0 aliphatic rings. The van der Waals surface area contributed by atoms with E-state index in [0.717, 1.165) is 11.4 Å². The fourth-order valence-electron chi connectivity index (χ4n) is 8.91. The van der Waals surface area contributed by atoms with Gasteiger partial charge in [0.15, 0.2) is 0 Å². The van der Waals surface area contributed by atoms with Crippen LogP contribution in [0.5, 0.6) is 0 Å². The largest absolute Gasteiger partial charge is 0.309 e. The summed E-state index contributed by atoms with van der Waals surface area (Å²) in [6.07, 6.45) is 0. The predicted molar refractivity (Wildman–Crippen MR) is 234 cm³/mol. The lowest BCUT2D eigenvalue weighted by atomic mass is 9.86. The molecule has 262 valence electrons. The average molecular weight is 706 g/mol. The van der Waals surface area contributed by atoms with E-state index in [-0.39, 0.29) is 5.41 Å². The topological polar surface area (TPSA) is 14.8 Å². The molecule has 0 amide bonds. The zero-order valence-electron chi connectivity index (χ0n) is 31.2. The smallest absolute Gasteiger partial charge is 0.0548 e. The van der Waals surface area contributed by atoms with Gasteiger partial charge in [-0.2, -0.15) is 0 Å². The molecule has 0 spiro atoms. The maximum Gasteiger partial charge on any atom is 0.0548 e. The maximum absolute atomic E-state index is 2.46. The van der Waals surface area contributed by atoms with Gasteiger partial charge in [0.05, 0.1) is 33.1 Å². The van der Waals surface area contributed by atoms with Crippen LogP contribution in [0.25, 0.3) is 93.6 Å². The average Bonchev–Trinajstić information content (AvgIpc) is 3.85. The third-order valence-corrected chi connectivity index (χ3v) is 11.6. The molecule has 55 heavy (non-hydrogen) atoms. The van der Waals surface area contributed by atoms with Crippen molar-refractivity contribution in [1.29, 1.82) is 0 Å². The number of aromatic nitrogens is 3. The first-order valence-corrected chi connectivity index (χ1v) is 19.2. The van der Waals surface area contributed by atoms with Crippen molar-refractivity contribution in [1.82, 2.24) is 13.7 Å². The van der Waals surface area contributed by atoms with Crippen molar-refractivity contribution in [3.8, 4) is 28.2 Å². The van der Waals surface area contributed by atoms with Crippen LogP contribution in [0.1, 0.15) is 26.3 Å². The molecule has 8 aromatic carbocycles. The van der Waals surface area contributed by atoms with Crippen molar-refractivity contribution in [2.75, 3.05) is 0 Å². The van der Waals surface area contributed by atoms with Gasteiger partial charge in [0.25, 0.3) is 0 Å². The fraction of sp³-hybridized carbons (Fsp3) is 0.0769. The third kappa shape index (κ3) is 4.83. The van der Waals surface area contributed by atoms with Gasteiger partial charge in [-0.1, -0.05) is 130 Å².